The lowest BCUT2D eigenvalue weighted by Crippen LogP contribution is -2.34. The first-order valence-corrected chi connectivity index (χ1v) is 7.02. The van der Waals surface area contributed by atoms with Crippen LogP contribution in [0.2, 0.25) is 0 Å². The Morgan fingerprint density at radius 2 is 2.11 bits per heavy atom. The third-order valence-corrected chi connectivity index (χ3v) is 3.50. The van der Waals surface area contributed by atoms with Crippen LogP contribution in [-0.4, -0.2) is 19.1 Å². The highest BCUT2D eigenvalue weighted by Crippen LogP contribution is 2.23. The second-order valence-electron chi connectivity index (χ2n) is 5.05. The van der Waals surface area contributed by atoms with Crippen LogP contribution in [0.3, 0.4) is 0 Å². The molecular weight excluding hydrogens is 240 g/mol. The van der Waals surface area contributed by atoms with Gasteiger partial charge in [-0.2, -0.15) is 0 Å². The van der Waals surface area contributed by atoms with Crippen molar-refractivity contribution >= 4 is 11.6 Å². The van der Waals surface area contributed by atoms with Crippen molar-refractivity contribution in [2.75, 3.05) is 18.9 Å². The molecule has 0 bridgehead atoms. The van der Waals surface area contributed by atoms with Crippen LogP contribution < -0.4 is 15.8 Å². The van der Waals surface area contributed by atoms with Crippen molar-refractivity contribution < 1.29 is 9.53 Å². The summed E-state index contributed by atoms with van der Waals surface area (Å²) in [6, 6.07) is 7.31. The average molecular weight is 262 g/mol. The van der Waals surface area contributed by atoms with Crippen LogP contribution in [0.4, 0.5) is 5.69 Å². The van der Waals surface area contributed by atoms with Crippen molar-refractivity contribution in [1.82, 2.24) is 5.32 Å². The number of amides is 1. The highest BCUT2D eigenvalue weighted by Gasteiger charge is 2.20. The van der Waals surface area contributed by atoms with E-state index in [1.807, 2.05) is 18.2 Å². The zero-order valence-electron chi connectivity index (χ0n) is 11.2. The number of nitrogen functional groups attached to an aromatic ring is 1. The van der Waals surface area contributed by atoms with E-state index >= 15 is 0 Å². The average Bonchev–Trinajstić information content (AvgIpc) is 2.44. The highest BCUT2D eigenvalue weighted by molar-refractivity contribution is 5.78. The van der Waals surface area contributed by atoms with Crippen molar-refractivity contribution in [3.8, 4) is 5.75 Å². The predicted octanol–water partition coefficient (Wildman–Crippen LogP) is 2.34. The third kappa shape index (κ3) is 4.47. The van der Waals surface area contributed by atoms with Gasteiger partial charge in [0.1, 0.15) is 12.4 Å². The summed E-state index contributed by atoms with van der Waals surface area (Å²) in [5.74, 6) is 1.13. The van der Waals surface area contributed by atoms with E-state index in [-0.39, 0.29) is 11.8 Å². The molecule has 104 valence electrons. The summed E-state index contributed by atoms with van der Waals surface area (Å²) >= 11 is 0. The van der Waals surface area contributed by atoms with Crippen LogP contribution >= 0.6 is 0 Å². The number of nitrogens with one attached hydrogen (secondary N) is 1. The number of hydrogen-bond acceptors (Lipinski definition) is 3. The molecule has 2 rings (SSSR count). The molecule has 3 N–H and O–H groups in total. The topological polar surface area (TPSA) is 64.3 Å². The van der Waals surface area contributed by atoms with Crippen molar-refractivity contribution in [3.05, 3.63) is 24.3 Å². The maximum atomic E-state index is 11.9. The van der Waals surface area contributed by atoms with Gasteiger partial charge >= 0.3 is 0 Å². The summed E-state index contributed by atoms with van der Waals surface area (Å²) in [7, 11) is 0. The zero-order chi connectivity index (χ0) is 13.5. The molecule has 0 spiro atoms. The minimum atomic E-state index is 0.177. The van der Waals surface area contributed by atoms with Gasteiger partial charge in [-0.25, -0.2) is 0 Å². The molecule has 19 heavy (non-hydrogen) atoms. The van der Waals surface area contributed by atoms with Gasteiger partial charge in [0.2, 0.25) is 5.91 Å². The van der Waals surface area contributed by atoms with Gasteiger partial charge in [0.05, 0.1) is 6.54 Å². The monoisotopic (exact) mass is 262 g/mol. The van der Waals surface area contributed by atoms with E-state index in [4.69, 9.17) is 10.5 Å². The van der Waals surface area contributed by atoms with Gasteiger partial charge in [0, 0.05) is 17.7 Å². The number of carbonyl (C=O) groups excluding carboxylic acids is 1. The Labute approximate surface area is 114 Å². The summed E-state index contributed by atoms with van der Waals surface area (Å²) in [6.45, 7) is 1.02. The molecule has 0 aromatic heterocycles. The lowest BCUT2D eigenvalue weighted by atomic mass is 9.89. The smallest absolute Gasteiger partial charge is 0.223 e. The second-order valence-corrected chi connectivity index (χ2v) is 5.05. The number of nitrogens with two attached hydrogens (primary N) is 1. The zero-order valence-corrected chi connectivity index (χ0v) is 11.2. The van der Waals surface area contributed by atoms with Gasteiger partial charge in [-0.1, -0.05) is 25.3 Å². The van der Waals surface area contributed by atoms with E-state index in [2.05, 4.69) is 5.32 Å². The molecule has 0 atom stereocenters. The molecule has 1 aliphatic rings. The Bertz CT molecular complexity index is 414. The normalized spacial score (nSPS) is 16.0. The Kier molecular flexibility index (Phi) is 5.07. The first-order valence-electron chi connectivity index (χ1n) is 7.02. The van der Waals surface area contributed by atoms with Gasteiger partial charge in [0.15, 0.2) is 0 Å². The van der Waals surface area contributed by atoms with Crippen molar-refractivity contribution in [2.24, 2.45) is 5.92 Å². The second kappa shape index (κ2) is 7.02. The lowest BCUT2D eigenvalue weighted by molar-refractivity contribution is -0.126. The predicted molar refractivity (Wildman–Crippen MR) is 75.9 cm³/mol. The molecule has 1 aromatic carbocycles. The van der Waals surface area contributed by atoms with E-state index in [0.717, 1.165) is 18.6 Å². The molecule has 1 aromatic rings. The van der Waals surface area contributed by atoms with Crippen LogP contribution in [0.25, 0.3) is 0 Å². The summed E-state index contributed by atoms with van der Waals surface area (Å²) in [5.41, 5.74) is 6.34. The third-order valence-electron chi connectivity index (χ3n) is 3.50. The Morgan fingerprint density at radius 1 is 1.32 bits per heavy atom. The minimum absolute atomic E-state index is 0.177. The van der Waals surface area contributed by atoms with E-state index in [9.17, 15) is 4.79 Å². The summed E-state index contributed by atoms with van der Waals surface area (Å²) in [4.78, 5) is 11.9. The fourth-order valence-corrected chi connectivity index (χ4v) is 2.46. The summed E-state index contributed by atoms with van der Waals surface area (Å²) in [6.07, 6.45) is 5.68. The number of hydrogen-bond donors (Lipinski definition) is 2. The number of rotatable bonds is 5. The molecule has 0 heterocycles. The molecule has 1 aliphatic carbocycles. The van der Waals surface area contributed by atoms with Crippen LogP contribution in [0.1, 0.15) is 32.1 Å². The van der Waals surface area contributed by atoms with Crippen LogP contribution in [0, 0.1) is 5.92 Å². The largest absolute Gasteiger partial charge is 0.492 e. The summed E-state index contributed by atoms with van der Waals surface area (Å²) < 4.78 is 5.53. The quantitative estimate of drug-likeness (QED) is 0.632. The molecule has 4 nitrogen and oxygen atoms in total. The SMILES string of the molecule is Nc1cccc(OCCNC(=O)C2CCCCC2)c1. The van der Waals surface area contributed by atoms with Crippen molar-refractivity contribution in [3.63, 3.8) is 0 Å². The van der Waals surface area contributed by atoms with Crippen LogP contribution in [0.15, 0.2) is 24.3 Å². The van der Waals surface area contributed by atoms with Crippen LogP contribution in [0.5, 0.6) is 5.75 Å². The maximum absolute atomic E-state index is 11.9. The van der Waals surface area contributed by atoms with E-state index in [1.165, 1.54) is 19.3 Å². The fraction of sp³-hybridized carbons (Fsp3) is 0.533. The first kappa shape index (κ1) is 13.7. The highest BCUT2D eigenvalue weighted by atomic mass is 16.5. The number of ether oxygens (including phenoxy) is 1. The number of anilines is 1. The maximum Gasteiger partial charge on any atom is 0.223 e. The molecule has 0 aliphatic heterocycles. The number of carbonyl (C=O) groups is 1. The van der Waals surface area contributed by atoms with E-state index in [0.29, 0.717) is 18.8 Å². The van der Waals surface area contributed by atoms with Gasteiger partial charge in [-0.3, -0.25) is 4.79 Å². The Morgan fingerprint density at radius 3 is 2.84 bits per heavy atom. The molecular formula is C15H22N2O2. The Balaban J connectivity index is 1.65. The molecule has 0 saturated heterocycles. The molecule has 0 unspecified atom stereocenters. The summed E-state index contributed by atoms with van der Waals surface area (Å²) in [5, 5.41) is 2.94. The van der Waals surface area contributed by atoms with E-state index < -0.39 is 0 Å². The van der Waals surface area contributed by atoms with Gasteiger partial charge < -0.3 is 15.8 Å². The fourth-order valence-electron chi connectivity index (χ4n) is 2.46. The van der Waals surface area contributed by atoms with Crippen molar-refractivity contribution in [2.45, 2.75) is 32.1 Å². The van der Waals surface area contributed by atoms with Gasteiger partial charge in [0.25, 0.3) is 0 Å². The lowest BCUT2D eigenvalue weighted by Gasteiger charge is -2.20. The standard InChI is InChI=1S/C15H22N2O2/c16-13-7-4-8-14(11-13)19-10-9-17-15(18)12-5-2-1-3-6-12/h4,7-8,11-12H,1-3,5-6,9-10,16H2,(H,17,18). The van der Waals surface area contributed by atoms with Gasteiger partial charge in [-0.05, 0) is 25.0 Å². The molecule has 1 saturated carbocycles. The van der Waals surface area contributed by atoms with Gasteiger partial charge in [-0.15, -0.1) is 0 Å². The molecule has 1 fully saturated rings. The van der Waals surface area contributed by atoms with Crippen LogP contribution in [-0.2, 0) is 4.79 Å². The Hall–Kier alpha value is -1.71. The molecule has 4 heteroatoms. The minimum Gasteiger partial charge on any atom is -0.492 e. The molecule has 1 amide bonds. The molecule has 0 radical (unpaired) electrons. The van der Waals surface area contributed by atoms with Crippen molar-refractivity contribution in [1.29, 1.82) is 0 Å². The first-order chi connectivity index (χ1) is 9.25. The number of benzene rings is 1. The van der Waals surface area contributed by atoms with E-state index in [1.54, 1.807) is 6.07 Å².